The van der Waals surface area contributed by atoms with E-state index in [1.165, 1.54) is 24.3 Å². The lowest BCUT2D eigenvalue weighted by atomic mass is 10.0. The van der Waals surface area contributed by atoms with Crippen molar-refractivity contribution in [3.05, 3.63) is 83.9 Å². The van der Waals surface area contributed by atoms with E-state index in [9.17, 15) is 22.8 Å². The van der Waals surface area contributed by atoms with Gasteiger partial charge in [0, 0.05) is 16.8 Å². The summed E-state index contributed by atoms with van der Waals surface area (Å²) in [6.07, 6.45) is -4.80. The van der Waals surface area contributed by atoms with Crippen LogP contribution in [-0.4, -0.2) is 23.4 Å². The highest BCUT2D eigenvalue weighted by molar-refractivity contribution is 6.04. The van der Waals surface area contributed by atoms with Gasteiger partial charge in [-0.25, -0.2) is 5.48 Å². The molecule has 0 saturated heterocycles. The fourth-order valence-corrected chi connectivity index (χ4v) is 2.67. The topological polar surface area (TPSA) is 87.7 Å². The number of benzene rings is 3. The predicted octanol–water partition coefficient (Wildman–Crippen LogP) is 4.62. The smallest absolute Gasteiger partial charge is 0.406 e. The van der Waals surface area contributed by atoms with Crippen molar-refractivity contribution < 1.29 is 32.7 Å². The number of hydroxylamine groups is 1. The van der Waals surface area contributed by atoms with Gasteiger partial charge in [-0.3, -0.25) is 14.8 Å². The molecule has 0 radical (unpaired) electrons. The van der Waals surface area contributed by atoms with Crippen LogP contribution >= 0.6 is 0 Å². The number of amides is 2. The molecule has 0 aliphatic heterocycles. The second-order valence-electron chi connectivity index (χ2n) is 6.13. The van der Waals surface area contributed by atoms with Gasteiger partial charge in [0.2, 0.25) is 0 Å². The molecule has 30 heavy (non-hydrogen) atoms. The minimum absolute atomic E-state index is 0.161. The number of carbonyl (C=O) groups is 2. The summed E-state index contributed by atoms with van der Waals surface area (Å²) in [4.78, 5) is 23.8. The number of hydrogen-bond donors (Lipinski definition) is 3. The summed E-state index contributed by atoms with van der Waals surface area (Å²) in [6, 6.07) is 17.9. The molecule has 0 aromatic heterocycles. The lowest BCUT2D eigenvalue weighted by Crippen LogP contribution is -2.18. The van der Waals surface area contributed by atoms with Crippen LogP contribution < -0.4 is 15.5 Å². The summed E-state index contributed by atoms with van der Waals surface area (Å²) >= 11 is 0. The Morgan fingerprint density at radius 2 is 1.40 bits per heavy atom. The van der Waals surface area contributed by atoms with E-state index in [0.717, 1.165) is 23.3 Å². The molecular formula is C21H15F3N2O4. The number of anilines is 1. The van der Waals surface area contributed by atoms with E-state index in [4.69, 9.17) is 5.21 Å². The molecule has 6 nitrogen and oxygen atoms in total. The van der Waals surface area contributed by atoms with E-state index in [1.54, 1.807) is 41.9 Å². The number of carbonyl (C=O) groups excluding carboxylic acids is 2. The zero-order valence-corrected chi connectivity index (χ0v) is 15.2. The molecule has 0 aliphatic rings. The van der Waals surface area contributed by atoms with Crippen LogP contribution in [0.25, 0.3) is 11.1 Å². The molecule has 0 aliphatic carbocycles. The van der Waals surface area contributed by atoms with Crippen molar-refractivity contribution in [3.8, 4) is 16.9 Å². The van der Waals surface area contributed by atoms with Crippen LogP contribution in [-0.2, 0) is 0 Å². The standard InChI is InChI=1S/C21H15F3N2O4/c22-21(23,24)30-18-10-8-14(9-11-18)19(27)25-17-3-1-2-16(12-17)13-4-6-15(7-5-13)20(28)26-29/h1-12,29H,(H,25,27)(H,26,28). The molecule has 3 rings (SSSR count). The Balaban J connectivity index is 1.72. The molecule has 9 heteroatoms. The molecule has 0 atom stereocenters. The SMILES string of the molecule is O=C(NO)c1ccc(-c2cccc(NC(=O)c3ccc(OC(F)(F)F)cc3)c2)cc1. The first-order valence-corrected chi connectivity index (χ1v) is 8.57. The number of hydrogen-bond acceptors (Lipinski definition) is 4. The van der Waals surface area contributed by atoms with E-state index >= 15 is 0 Å². The van der Waals surface area contributed by atoms with Crippen molar-refractivity contribution in [1.82, 2.24) is 5.48 Å². The number of nitrogens with one attached hydrogen (secondary N) is 2. The molecule has 0 fully saturated rings. The van der Waals surface area contributed by atoms with Gasteiger partial charge in [0.05, 0.1) is 0 Å². The van der Waals surface area contributed by atoms with Crippen LogP contribution in [0.5, 0.6) is 5.75 Å². The molecule has 2 amide bonds. The first-order valence-electron chi connectivity index (χ1n) is 8.57. The minimum atomic E-state index is -4.80. The van der Waals surface area contributed by atoms with Crippen LogP contribution in [0.4, 0.5) is 18.9 Å². The van der Waals surface area contributed by atoms with Gasteiger partial charge in [-0.2, -0.15) is 0 Å². The number of ether oxygens (including phenoxy) is 1. The third-order valence-corrected chi connectivity index (χ3v) is 4.05. The van der Waals surface area contributed by atoms with Gasteiger partial charge < -0.3 is 10.1 Å². The Morgan fingerprint density at radius 1 is 0.800 bits per heavy atom. The highest BCUT2D eigenvalue weighted by atomic mass is 19.4. The number of rotatable bonds is 5. The molecule has 0 bridgehead atoms. The summed E-state index contributed by atoms with van der Waals surface area (Å²) in [5.41, 5.74) is 4.01. The molecule has 0 heterocycles. The second kappa shape index (κ2) is 8.66. The molecule has 0 saturated carbocycles. The Labute approximate surface area is 168 Å². The zero-order valence-electron chi connectivity index (χ0n) is 15.2. The second-order valence-corrected chi connectivity index (χ2v) is 6.13. The fraction of sp³-hybridized carbons (Fsp3) is 0.0476. The normalized spacial score (nSPS) is 10.9. The Morgan fingerprint density at radius 3 is 2.00 bits per heavy atom. The first-order chi connectivity index (χ1) is 14.2. The molecule has 154 valence electrons. The van der Waals surface area contributed by atoms with Crippen LogP contribution in [0.15, 0.2) is 72.8 Å². The minimum Gasteiger partial charge on any atom is -0.406 e. The largest absolute Gasteiger partial charge is 0.573 e. The van der Waals surface area contributed by atoms with Gasteiger partial charge in [-0.1, -0.05) is 24.3 Å². The highest BCUT2D eigenvalue weighted by Gasteiger charge is 2.31. The number of alkyl halides is 3. The van der Waals surface area contributed by atoms with Gasteiger partial charge >= 0.3 is 6.36 Å². The lowest BCUT2D eigenvalue weighted by molar-refractivity contribution is -0.274. The Kier molecular flexibility index (Phi) is 6.03. The molecule has 3 aromatic carbocycles. The van der Waals surface area contributed by atoms with Gasteiger partial charge in [0.25, 0.3) is 11.8 Å². The average molecular weight is 416 g/mol. The van der Waals surface area contributed by atoms with E-state index in [-0.39, 0.29) is 11.1 Å². The maximum Gasteiger partial charge on any atom is 0.573 e. The zero-order chi connectivity index (χ0) is 21.7. The molecular weight excluding hydrogens is 401 g/mol. The lowest BCUT2D eigenvalue weighted by Gasteiger charge is -2.10. The van der Waals surface area contributed by atoms with E-state index in [2.05, 4.69) is 10.1 Å². The van der Waals surface area contributed by atoms with Crippen molar-refractivity contribution in [3.63, 3.8) is 0 Å². The van der Waals surface area contributed by atoms with Crippen LogP contribution in [0.1, 0.15) is 20.7 Å². The summed E-state index contributed by atoms with van der Waals surface area (Å²) < 4.78 is 40.4. The first kappa shape index (κ1) is 20.9. The summed E-state index contributed by atoms with van der Waals surface area (Å²) in [5.74, 6) is -1.55. The maximum atomic E-state index is 12.4. The monoisotopic (exact) mass is 416 g/mol. The summed E-state index contributed by atoms with van der Waals surface area (Å²) in [5, 5.41) is 11.3. The molecule has 3 aromatic rings. The van der Waals surface area contributed by atoms with Crippen molar-refractivity contribution in [2.45, 2.75) is 6.36 Å². The van der Waals surface area contributed by atoms with Crippen molar-refractivity contribution >= 4 is 17.5 Å². The summed E-state index contributed by atoms with van der Waals surface area (Å²) in [6.45, 7) is 0. The fourth-order valence-electron chi connectivity index (χ4n) is 2.67. The van der Waals surface area contributed by atoms with Gasteiger partial charge in [-0.05, 0) is 59.7 Å². The molecule has 0 unspecified atom stereocenters. The van der Waals surface area contributed by atoms with Crippen LogP contribution in [0.2, 0.25) is 0 Å². The van der Waals surface area contributed by atoms with Crippen molar-refractivity contribution in [1.29, 1.82) is 0 Å². The Bertz CT molecular complexity index is 1050. The van der Waals surface area contributed by atoms with E-state index < -0.39 is 23.9 Å². The molecule has 3 N–H and O–H groups in total. The van der Waals surface area contributed by atoms with Gasteiger partial charge in [0.1, 0.15) is 5.75 Å². The third kappa shape index (κ3) is 5.36. The quantitative estimate of drug-likeness (QED) is 0.418. The van der Waals surface area contributed by atoms with Crippen LogP contribution in [0, 0.1) is 0 Å². The predicted molar refractivity (Wildman–Crippen MR) is 102 cm³/mol. The van der Waals surface area contributed by atoms with Crippen molar-refractivity contribution in [2.75, 3.05) is 5.32 Å². The highest BCUT2D eigenvalue weighted by Crippen LogP contribution is 2.25. The van der Waals surface area contributed by atoms with E-state index in [1.807, 2.05) is 0 Å². The third-order valence-electron chi connectivity index (χ3n) is 4.05. The summed E-state index contributed by atoms with van der Waals surface area (Å²) in [7, 11) is 0. The van der Waals surface area contributed by atoms with Gasteiger partial charge in [-0.15, -0.1) is 13.2 Å². The van der Waals surface area contributed by atoms with Crippen molar-refractivity contribution in [2.24, 2.45) is 0 Å². The molecule has 0 spiro atoms. The maximum absolute atomic E-state index is 12.4. The average Bonchev–Trinajstić information content (AvgIpc) is 2.73. The number of halogens is 3. The van der Waals surface area contributed by atoms with E-state index in [0.29, 0.717) is 5.69 Å². The Hall–Kier alpha value is -3.85. The van der Waals surface area contributed by atoms with Crippen LogP contribution in [0.3, 0.4) is 0 Å². The van der Waals surface area contributed by atoms with Gasteiger partial charge in [0.15, 0.2) is 0 Å².